The van der Waals surface area contributed by atoms with Crippen molar-refractivity contribution in [2.75, 3.05) is 26.7 Å². The van der Waals surface area contributed by atoms with Gasteiger partial charge < -0.3 is 9.80 Å². The fraction of sp³-hybridized carbons (Fsp3) is 0.588. The maximum Gasteiger partial charge on any atom is 0.219 e. The highest BCUT2D eigenvalue weighted by atomic mass is 16.2. The highest BCUT2D eigenvalue weighted by molar-refractivity contribution is 5.73. The molecule has 1 aromatic rings. The Labute approximate surface area is 121 Å². The smallest absolute Gasteiger partial charge is 0.219 e. The number of hydrogen-bond acceptors (Lipinski definition) is 2. The number of fused-ring (bicyclic) bond motifs is 1. The molecule has 1 saturated heterocycles. The topological polar surface area (TPSA) is 23.6 Å². The average Bonchev–Trinajstić information content (AvgIpc) is 2.59. The van der Waals surface area contributed by atoms with Gasteiger partial charge in [-0.15, -0.1) is 0 Å². The molecular formula is C17H24N2O. The highest BCUT2D eigenvalue weighted by Gasteiger charge is 2.38. The summed E-state index contributed by atoms with van der Waals surface area (Å²) in [5, 5.41) is 0. The molecule has 2 aliphatic rings. The molecule has 3 nitrogen and oxygen atoms in total. The van der Waals surface area contributed by atoms with E-state index < -0.39 is 0 Å². The van der Waals surface area contributed by atoms with Gasteiger partial charge in [0.2, 0.25) is 5.91 Å². The van der Waals surface area contributed by atoms with Crippen LogP contribution in [0.3, 0.4) is 0 Å². The molecule has 2 aliphatic heterocycles. The summed E-state index contributed by atoms with van der Waals surface area (Å²) in [7, 11) is 2.19. The first-order valence-electron chi connectivity index (χ1n) is 7.59. The van der Waals surface area contributed by atoms with E-state index in [1.807, 2.05) is 0 Å². The lowest BCUT2D eigenvalue weighted by Crippen LogP contribution is -2.46. The largest absolute Gasteiger partial charge is 0.338 e. The van der Waals surface area contributed by atoms with E-state index in [-0.39, 0.29) is 11.3 Å². The molecule has 3 heteroatoms. The summed E-state index contributed by atoms with van der Waals surface area (Å²) in [6.45, 7) is 5.70. The number of carbonyl (C=O) groups excluding carboxylic acids is 1. The zero-order chi connectivity index (χ0) is 14.2. The summed E-state index contributed by atoms with van der Waals surface area (Å²) >= 11 is 0. The second-order valence-electron chi connectivity index (χ2n) is 6.62. The molecule has 0 bridgehead atoms. The molecule has 1 fully saturated rings. The lowest BCUT2D eigenvalue weighted by Gasteiger charge is -2.42. The molecule has 1 aromatic carbocycles. The van der Waals surface area contributed by atoms with Crippen molar-refractivity contribution in [2.45, 2.75) is 32.7 Å². The molecule has 0 radical (unpaired) electrons. The van der Waals surface area contributed by atoms with Crippen molar-refractivity contribution in [2.24, 2.45) is 5.41 Å². The van der Waals surface area contributed by atoms with Crippen LogP contribution in [-0.2, 0) is 17.8 Å². The molecular weight excluding hydrogens is 248 g/mol. The quantitative estimate of drug-likeness (QED) is 0.723. The van der Waals surface area contributed by atoms with Gasteiger partial charge in [0.25, 0.3) is 0 Å². The zero-order valence-corrected chi connectivity index (χ0v) is 12.6. The summed E-state index contributed by atoms with van der Waals surface area (Å²) in [6, 6.07) is 8.65. The zero-order valence-electron chi connectivity index (χ0n) is 12.6. The second-order valence-corrected chi connectivity index (χ2v) is 6.62. The first-order chi connectivity index (χ1) is 9.58. The molecule has 1 spiro atoms. The maximum absolute atomic E-state index is 12.0. The van der Waals surface area contributed by atoms with E-state index in [0.29, 0.717) is 0 Å². The Morgan fingerprint density at radius 1 is 1.15 bits per heavy atom. The number of carbonyl (C=O) groups is 1. The number of likely N-dealkylation sites (tertiary alicyclic amines) is 1. The monoisotopic (exact) mass is 272 g/mol. The van der Waals surface area contributed by atoms with Crippen molar-refractivity contribution in [1.29, 1.82) is 0 Å². The molecule has 2 heterocycles. The Hall–Kier alpha value is -1.35. The van der Waals surface area contributed by atoms with Crippen LogP contribution in [0, 0.1) is 5.41 Å². The van der Waals surface area contributed by atoms with Crippen LogP contribution >= 0.6 is 0 Å². The van der Waals surface area contributed by atoms with Crippen molar-refractivity contribution in [3.05, 3.63) is 35.4 Å². The van der Waals surface area contributed by atoms with Gasteiger partial charge in [-0.1, -0.05) is 24.3 Å². The van der Waals surface area contributed by atoms with E-state index in [2.05, 4.69) is 41.1 Å². The Morgan fingerprint density at radius 2 is 1.80 bits per heavy atom. The SMILES string of the molecule is CC(=O)N1Cc2ccccc2CC2(CCN(C)CC2)C1. The van der Waals surface area contributed by atoms with E-state index in [0.717, 1.165) is 32.6 Å². The first-order valence-corrected chi connectivity index (χ1v) is 7.59. The Morgan fingerprint density at radius 3 is 2.45 bits per heavy atom. The molecule has 0 aliphatic carbocycles. The van der Waals surface area contributed by atoms with Crippen LogP contribution in [0.4, 0.5) is 0 Å². The lowest BCUT2D eigenvalue weighted by atomic mass is 9.73. The highest BCUT2D eigenvalue weighted by Crippen LogP contribution is 2.39. The van der Waals surface area contributed by atoms with Gasteiger partial charge in [0.1, 0.15) is 0 Å². The lowest BCUT2D eigenvalue weighted by molar-refractivity contribution is -0.131. The Bertz CT molecular complexity index is 503. The van der Waals surface area contributed by atoms with Crippen LogP contribution in [0.2, 0.25) is 0 Å². The maximum atomic E-state index is 12.0. The van der Waals surface area contributed by atoms with Crippen LogP contribution in [-0.4, -0.2) is 42.4 Å². The van der Waals surface area contributed by atoms with Crippen molar-refractivity contribution >= 4 is 5.91 Å². The normalized spacial score (nSPS) is 22.4. The van der Waals surface area contributed by atoms with Crippen molar-refractivity contribution in [3.8, 4) is 0 Å². The van der Waals surface area contributed by atoms with Crippen LogP contribution < -0.4 is 0 Å². The van der Waals surface area contributed by atoms with Crippen LogP contribution in [0.5, 0.6) is 0 Å². The first kappa shape index (κ1) is 13.6. The third-order valence-electron chi connectivity index (χ3n) is 5.06. The molecule has 0 atom stereocenters. The number of nitrogens with zero attached hydrogens (tertiary/aromatic N) is 2. The average molecular weight is 272 g/mol. The summed E-state index contributed by atoms with van der Waals surface area (Å²) in [4.78, 5) is 16.4. The standard InChI is InChI=1S/C17H24N2O/c1-14(20)19-12-16-6-4-3-5-15(16)11-17(13-19)7-9-18(2)10-8-17/h3-6H,7-13H2,1-2H3. The van der Waals surface area contributed by atoms with Gasteiger partial charge in [0.15, 0.2) is 0 Å². The number of hydrogen-bond donors (Lipinski definition) is 0. The minimum Gasteiger partial charge on any atom is -0.338 e. The van der Waals surface area contributed by atoms with Crippen LogP contribution in [0.1, 0.15) is 30.9 Å². The van der Waals surface area contributed by atoms with Gasteiger partial charge in [-0.2, -0.15) is 0 Å². The fourth-order valence-corrected chi connectivity index (χ4v) is 3.66. The Balaban J connectivity index is 1.94. The molecule has 3 rings (SSSR count). The third kappa shape index (κ3) is 2.59. The number of rotatable bonds is 0. The van der Waals surface area contributed by atoms with Gasteiger partial charge in [-0.25, -0.2) is 0 Å². The van der Waals surface area contributed by atoms with E-state index in [9.17, 15) is 4.79 Å². The molecule has 108 valence electrons. The minimum atomic E-state index is 0.208. The van der Waals surface area contributed by atoms with Gasteiger partial charge in [0, 0.05) is 20.0 Å². The molecule has 0 unspecified atom stereocenters. The van der Waals surface area contributed by atoms with Crippen molar-refractivity contribution < 1.29 is 4.79 Å². The van der Waals surface area contributed by atoms with Gasteiger partial charge in [-0.05, 0) is 55.9 Å². The number of piperidine rings is 1. The molecule has 0 aromatic heterocycles. The van der Waals surface area contributed by atoms with Gasteiger partial charge in [0.05, 0.1) is 0 Å². The Kier molecular flexibility index (Phi) is 3.55. The van der Waals surface area contributed by atoms with Crippen molar-refractivity contribution in [1.82, 2.24) is 9.80 Å². The molecule has 0 saturated carbocycles. The van der Waals surface area contributed by atoms with E-state index in [4.69, 9.17) is 0 Å². The van der Waals surface area contributed by atoms with Gasteiger partial charge >= 0.3 is 0 Å². The summed E-state index contributed by atoms with van der Waals surface area (Å²) < 4.78 is 0. The molecule has 0 N–H and O–H groups in total. The third-order valence-corrected chi connectivity index (χ3v) is 5.06. The molecule has 20 heavy (non-hydrogen) atoms. The summed E-state index contributed by atoms with van der Waals surface area (Å²) in [5.74, 6) is 0.208. The number of benzene rings is 1. The fourth-order valence-electron chi connectivity index (χ4n) is 3.66. The second kappa shape index (κ2) is 5.21. The van der Waals surface area contributed by atoms with Gasteiger partial charge in [-0.3, -0.25) is 4.79 Å². The molecule has 1 amide bonds. The number of amides is 1. The van der Waals surface area contributed by atoms with Crippen LogP contribution in [0.25, 0.3) is 0 Å². The predicted octanol–water partition coefficient (Wildman–Crippen LogP) is 2.30. The van der Waals surface area contributed by atoms with E-state index >= 15 is 0 Å². The van der Waals surface area contributed by atoms with E-state index in [1.165, 1.54) is 24.0 Å². The summed E-state index contributed by atoms with van der Waals surface area (Å²) in [6.07, 6.45) is 3.52. The predicted molar refractivity (Wildman–Crippen MR) is 80.4 cm³/mol. The summed E-state index contributed by atoms with van der Waals surface area (Å²) in [5.41, 5.74) is 3.06. The minimum absolute atomic E-state index is 0.208. The van der Waals surface area contributed by atoms with E-state index in [1.54, 1.807) is 6.92 Å². The van der Waals surface area contributed by atoms with Crippen LogP contribution in [0.15, 0.2) is 24.3 Å². The van der Waals surface area contributed by atoms with Crippen molar-refractivity contribution in [3.63, 3.8) is 0 Å².